The van der Waals surface area contributed by atoms with Gasteiger partial charge in [-0.1, -0.05) is 43.0 Å². The van der Waals surface area contributed by atoms with Gasteiger partial charge in [0.25, 0.3) is 11.8 Å². The van der Waals surface area contributed by atoms with Crippen LogP contribution in [0.5, 0.6) is 0 Å². The molecule has 2 rings (SSSR count). The molecule has 0 spiro atoms. The number of halogens is 2. The average Bonchev–Trinajstić information content (AvgIpc) is 2.60. The van der Waals surface area contributed by atoms with E-state index in [1.54, 1.807) is 0 Å². The van der Waals surface area contributed by atoms with E-state index in [-0.39, 0.29) is 35.7 Å². The van der Waals surface area contributed by atoms with Crippen molar-refractivity contribution in [3.05, 3.63) is 33.8 Å². The lowest BCUT2D eigenvalue weighted by Crippen LogP contribution is -2.43. The summed E-state index contributed by atoms with van der Waals surface area (Å²) in [4.78, 5) is 35.6. The van der Waals surface area contributed by atoms with E-state index >= 15 is 0 Å². The number of benzene rings is 1. The Labute approximate surface area is 162 Å². The molecule has 0 heterocycles. The fourth-order valence-electron chi connectivity index (χ4n) is 2.90. The second kappa shape index (κ2) is 9.78. The first-order valence-electron chi connectivity index (χ1n) is 8.55. The van der Waals surface area contributed by atoms with Crippen molar-refractivity contribution in [3.8, 4) is 0 Å². The van der Waals surface area contributed by atoms with Crippen molar-refractivity contribution >= 4 is 41.0 Å². The Morgan fingerprint density at radius 2 is 1.92 bits per heavy atom. The molecule has 1 aliphatic carbocycles. The fraction of sp³-hybridized carbons (Fsp3) is 0.500. The third kappa shape index (κ3) is 6.18. The molecule has 1 aliphatic rings. The summed E-state index contributed by atoms with van der Waals surface area (Å²) in [6, 6.07) is 4.55. The number of ether oxygens (including phenoxy) is 1. The molecule has 6 nitrogen and oxygen atoms in total. The molecule has 0 saturated heterocycles. The highest BCUT2D eigenvalue weighted by Gasteiger charge is 2.23. The molecule has 8 heteroatoms. The summed E-state index contributed by atoms with van der Waals surface area (Å²) >= 11 is 11.7. The minimum absolute atomic E-state index is 0.127. The van der Waals surface area contributed by atoms with Gasteiger partial charge in [0.05, 0.1) is 10.6 Å². The Kier molecular flexibility index (Phi) is 7.72. The van der Waals surface area contributed by atoms with Crippen molar-refractivity contribution in [3.63, 3.8) is 0 Å². The molecule has 26 heavy (non-hydrogen) atoms. The third-order valence-electron chi connectivity index (χ3n) is 4.39. The molecule has 0 unspecified atom stereocenters. The van der Waals surface area contributed by atoms with Gasteiger partial charge in [-0.05, 0) is 37.0 Å². The molecule has 1 aromatic carbocycles. The minimum atomic E-state index is -0.699. The second-order valence-corrected chi connectivity index (χ2v) is 7.25. The van der Waals surface area contributed by atoms with E-state index in [9.17, 15) is 14.4 Å². The van der Waals surface area contributed by atoms with Crippen LogP contribution in [0, 0.1) is 5.92 Å². The van der Waals surface area contributed by atoms with E-state index in [4.69, 9.17) is 27.9 Å². The topological polar surface area (TPSA) is 84.5 Å². The molecule has 2 N–H and O–H groups in total. The van der Waals surface area contributed by atoms with Crippen molar-refractivity contribution in [2.75, 3.05) is 13.2 Å². The van der Waals surface area contributed by atoms with Gasteiger partial charge in [-0.25, -0.2) is 0 Å². The predicted octanol–water partition coefficient (Wildman–Crippen LogP) is 2.96. The number of esters is 1. The van der Waals surface area contributed by atoms with Crippen molar-refractivity contribution in [2.24, 2.45) is 5.92 Å². The molecule has 0 bridgehead atoms. The van der Waals surface area contributed by atoms with Crippen molar-refractivity contribution < 1.29 is 19.1 Å². The van der Waals surface area contributed by atoms with E-state index in [2.05, 4.69) is 17.6 Å². The van der Waals surface area contributed by atoms with Crippen LogP contribution in [0.4, 0.5) is 0 Å². The molecule has 2 amide bonds. The van der Waals surface area contributed by atoms with Crippen molar-refractivity contribution in [1.82, 2.24) is 10.6 Å². The minimum Gasteiger partial charge on any atom is -0.454 e. The Morgan fingerprint density at radius 3 is 2.62 bits per heavy atom. The van der Waals surface area contributed by atoms with Crippen LogP contribution in [-0.2, 0) is 14.3 Å². The number of nitrogens with one attached hydrogen (secondary N) is 2. The van der Waals surface area contributed by atoms with Gasteiger partial charge in [0.1, 0.15) is 6.54 Å². The van der Waals surface area contributed by atoms with Gasteiger partial charge in [-0.2, -0.15) is 0 Å². The lowest BCUT2D eigenvalue weighted by Gasteiger charge is -2.29. The van der Waals surface area contributed by atoms with Gasteiger partial charge in [0, 0.05) is 11.1 Å². The van der Waals surface area contributed by atoms with Crippen LogP contribution in [0.1, 0.15) is 43.0 Å². The number of rotatable bonds is 6. The highest BCUT2D eigenvalue weighted by Crippen LogP contribution is 2.23. The van der Waals surface area contributed by atoms with E-state index in [0.717, 1.165) is 19.3 Å². The highest BCUT2D eigenvalue weighted by atomic mass is 35.5. The molecule has 0 aliphatic heterocycles. The van der Waals surface area contributed by atoms with Crippen LogP contribution in [0.25, 0.3) is 0 Å². The normalized spacial score (nSPS) is 19.5. The number of hydrogen-bond donors (Lipinski definition) is 2. The maximum atomic E-state index is 12.0. The number of amides is 2. The van der Waals surface area contributed by atoms with E-state index in [1.165, 1.54) is 24.6 Å². The van der Waals surface area contributed by atoms with Crippen molar-refractivity contribution in [2.45, 2.75) is 38.6 Å². The van der Waals surface area contributed by atoms with E-state index in [0.29, 0.717) is 10.9 Å². The second-order valence-electron chi connectivity index (χ2n) is 6.40. The van der Waals surface area contributed by atoms with Gasteiger partial charge >= 0.3 is 5.97 Å². The summed E-state index contributed by atoms with van der Waals surface area (Å²) in [7, 11) is 0. The molecule has 0 aromatic heterocycles. The molecular formula is C18H22Cl2N2O4. The highest BCUT2D eigenvalue weighted by molar-refractivity contribution is 6.36. The van der Waals surface area contributed by atoms with Crippen LogP contribution in [0.2, 0.25) is 10.0 Å². The summed E-state index contributed by atoms with van der Waals surface area (Å²) in [5.41, 5.74) is 0.202. The van der Waals surface area contributed by atoms with E-state index < -0.39 is 11.9 Å². The van der Waals surface area contributed by atoms with Gasteiger partial charge < -0.3 is 15.4 Å². The lowest BCUT2D eigenvalue weighted by molar-refractivity contribution is -0.147. The quantitative estimate of drug-likeness (QED) is 0.718. The lowest BCUT2D eigenvalue weighted by atomic mass is 9.86. The predicted molar refractivity (Wildman–Crippen MR) is 99.3 cm³/mol. The summed E-state index contributed by atoms with van der Waals surface area (Å²) in [5.74, 6) is -1.13. The first-order valence-corrected chi connectivity index (χ1v) is 9.30. The molecule has 0 radical (unpaired) electrons. The number of carbonyl (C=O) groups is 3. The summed E-state index contributed by atoms with van der Waals surface area (Å²) < 4.78 is 4.90. The third-order valence-corrected chi connectivity index (χ3v) is 4.94. The fourth-order valence-corrected chi connectivity index (χ4v) is 3.39. The maximum Gasteiger partial charge on any atom is 0.325 e. The van der Waals surface area contributed by atoms with Gasteiger partial charge in [-0.3, -0.25) is 14.4 Å². The van der Waals surface area contributed by atoms with E-state index in [1.807, 2.05) is 0 Å². The van der Waals surface area contributed by atoms with Crippen LogP contribution in [0.15, 0.2) is 18.2 Å². The number of carbonyl (C=O) groups excluding carboxylic acids is 3. The summed E-state index contributed by atoms with van der Waals surface area (Å²) in [5, 5.41) is 5.88. The Morgan fingerprint density at radius 1 is 1.19 bits per heavy atom. The number of hydrogen-bond acceptors (Lipinski definition) is 4. The zero-order valence-corrected chi connectivity index (χ0v) is 16.0. The SMILES string of the molecule is C[C@@H]1CCCC[C@H]1NC(=O)COC(=O)CNC(=O)c1ccc(Cl)cc1Cl. The van der Waals surface area contributed by atoms with Crippen LogP contribution >= 0.6 is 23.2 Å². The van der Waals surface area contributed by atoms with Crippen LogP contribution < -0.4 is 10.6 Å². The van der Waals surface area contributed by atoms with Gasteiger partial charge in [-0.15, -0.1) is 0 Å². The molecule has 142 valence electrons. The monoisotopic (exact) mass is 400 g/mol. The Hall–Kier alpha value is -1.79. The first kappa shape index (κ1) is 20.5. The molecular weight excluding hydrogens is 379 g/mol. The molecule has 1 saturated carbocycles. The Balaban J connectivity index is 1.71. The van der Waals surface area contributed by atoms with Gasteiger partial charge in [0.15, 0.2) is 6.61 Å². The van der Waals surface area contributed by atoms with Crippen molar-refractivity contribution in [1.29, 1.82) is 0 Å². The summed E-state index contributed by atoms with van der Waals surface area (Å²) in [6.45, 7) is 1.39. The molecule has 1 fully saturated rings. The van der Waals surface area contributed by atoms with Crippen LogP contribution in [-0.4, -0.2) is 37.0 Å². The molecule has 2 atom stereocenters. The largest absolute Gasteiger partial charge is 0.454 e. The zero-order valence-electron chi connectivity index (χ0n) is 14.5. The zero-order chi connectivity index (χ0) is 19.1. The maximum absolute atomic E-state index is 12.0. The van der Waals surface area contributed by atoms with Crippen LogP contribution in [0.3, 0.4) is 0 Å². The Bertz CT molecular complexity index is 681. The van der Waals surface area contributed by atoms with Gasteiger partial charge in [0.2, 0.25) is 0 Å². The molecule has 1 aromatic rings. The smallest absolute Gasteiger partial charge is 0.325 e. The average molecular weight is 401 g/mol. The first-order chi connectivity index (χ1) is 12.4. The standard InChI is InChI=1S/C18H22Cl2N2O4/c1-11-4-2-3-5-15(11)22-16(23)10-26-17(24)9-21-18(25)13-7-6-12(19)8-14(13)20/h6-8,11,15H,2-5,9-10H2,1H3,(H,21,25)(H,22,23)/t11-,15-/m1/s1. The summed E-state index contributed by atoms with van der Waals surface area (Å²) in [6.07, 6.45) is 4.30.